The summed E-state index contributed by atoms with van der Waals surface area (Å²) in [4.78, 5) is 15.8. The van der Waals surface area contributed by atoms with Crippen LogP contribution in [0.3, 0.4) is 0 Å². The van der Waals surface area contributed by atoms with E-state index in [0.29, 0.717) is 18.0 Å². The normalized spacial score (nSPS) is 19.9. The Bertz CT molecular complexity index is 626. The zero-order valence-electron chi connectivity index (χ0n) is 11.2. The fraction of sp³-hybridized carbons (Fsp3) is 0.357. The number of dihydropyridines is 1. The van der Waals surface area contributed by atoms with E-state index in [1.165, 1.54) is 6.08 Å². The van der Waals surface area contributed by atoms with Gasteiger partial charge in [-0.2, -0.15) is 0 Å². The fourth-order valence-electron chi connectivity index (χ4n) is 2.46. The molecular formula is C14H16FN5. The number of aromatic amines is 1. The molecule has 3 rings (SSSR count). The van der Waals surface area contributed by atoms with Crippen molar-refractivity contribution >= 4 is 5.71 Å². The van der Waals surface area contributed by atoms with Crippen LogP contribution in [0.2, 0.25) is 0 Å². The number of allylic oxidation sites excluding steroid dienone is 1. The Morgan fingerprint density at radius 1 is 1.45 bits per heavy atom. The van der Waals surface area contributed by atoms with Crippen molar-refractivity contribution in [3.05, 3.63) is 48.6 Å². The number of hydrogen-bond acceptors (Lipinski definition) is 3. The number of aromatic nitrogens is 4. The molecule has 2 unspecified atom stereocenters. The standard InChI is InChI=1S/C14H16FN5/c1-2-11(13-16-6-7-17-13)20-9-8-18-14(20)10-4-3-5-12(15)19-10/h3,5-9,11-12H,2,4H2,1H3,(H,16,17). The molecule has 2 atom stereocenters. The van der Waals surface area contributed by atoms with Crippen molar-refractivity contribution in [2.45, 2.75) is 32.1 Å². The van der Waals surface area contributed by atoms with E-state index in [1.807, 2.05) is 10.8 Å². The number of halogens is 1. The van der Waals surface area contributed by atoms with Crippen molar-refractivity contribution in [3.63, 3.8) is 0 Å². The number of aliphatic imine (C=N–C) groups is 1. The maximum atomic E-state index is 13.4. The molecule has 6 heteroatoms. The number of hydrogen-bond donors (Lipinski definition) is 1. The molecule has 1 aliphatic heterocycles. The van der Waals surface area contributed by atoms with Crippen LogP contribution in [0, 0.1) is 0 Å². The molecule has 0 radical (unpaired) electrons. The second kappa shape index (κ2) is 5.40. The van der Waals surface area contributed by atoms with Crippen LogP contribution in [0.5, 0.6) is 0 Å². The Balaban J connectivity index is 1.97. The number of H-pyrrole nitrogens is 1. The van der Waals surface area contributed by atoms with Crippen LogP contribution in [-0.4, -0.2) is 31.5 Å². The predicted octanol–water partition coefficient (Wildman–Crippen LogP) is 2.65. The summed E-state index contributed by atoms with van der Waals surface area (Å²) in [6, 6.07) is 0.0502. The van der Waals surface area contributed by atoms with Gasteiger partial charge in [0.2, 0.25) is 6.30 Å². The Kier molecular flexibility index (Phi) is 3.45. The maximum absolute atomic E-state index is 13.4. The van der Waals surface area contributed by atoms with Crippen LogP contribution in [-0.2, 0) is 0 Å². The highest BCUT2D eigenvalue weighted by atomic mass is 19.1. The van der Waals surface area contributed by atoms with Gasteiger partial charge in [0.25, 0.3) is 0 Å². The molecule has 0 bridgehead atoms. The zero-order chi connectivity index (χ0) is 13.9. The summed E-state index contributed by atoms with van der Waals surface area (Å²) in [6.45, 7) is 2.08. The molecule has 3 heterocycles. The van der Waals surface area contributed by atoms with Crippen molar-refractivity contribution in [3.8, 4) is 0 Å². The first-order chi connectivity index (χ1) is 9.79. The summed E-state index contributed by atoms with van der Waals surface area (Å²) < 4.78 is 15.4. The van der Waals surface area contributed by atoms with Crippen LogP contribution in [0.25, 0.3) is 0 Å². The number of nitrogens with one attached hydrogen (secondary N) is 1. The molecule has 0 saturated heterocycles. The summed E-state index contributed by atoms with van der Waals surface area (Å²) in [5.74, 6) is 1.58. The molecule has 104 valence electrons. The minimum atomic E-state index is -1.27. The summed E-state index contributed by atoms with van der Waals surface area (Å²) in [7, 11) is 0. The van der Waals surface area contributed by atoms with Crippen LogP contribution in [0.1, 0.15) is 37.5 Å². The maximum Gasteiger partial charge on any atom is 0.208 e. The molecule has 1 N–H and O–H groups in total. The van der Waals surface area contributed by atoms with E-state index in [4.69, 9.17) is 0 Å². The summed E-state index contributed by atoms with van der Waals surface area (Å²) in [5.41, 5.74) is 0.676. The van der Waals surface area contributed by atoms with Gasteiger partial charge in [0.1, 0.15) is 5.82 Å². The quantitative estimate of drug-likeness (QED) is 0.687. The first-order valence-corrected chi connectivity index (χ1v) is 6.69. The van der Waals surface area contributed by atoms with Crippen LogP contribution < -0.4 is 0 Å². The van der Waals surface area contributed by atoms with Gasteiger partial charge < -0.3 is 9.55 Å². The third-order valence-corrected chi connectivity index (χ3v) is 3.37. The fourth-order valence-corrected chi connectivity index (χ4v) is 2.46. The molecule has 0 spiro atoms. The van der Waals surface area contributed by atoms with E-state index in [-0.39, 0.29) is 6.04 Å². The van der Waals surface area contributed by atoms with Gasteiger partial charge in [0.05, 0.1) is 11.8 Å². The third-order valence-electron chi connectivity index (χ3n) is 3.37. The first-order valence-electron chi connectivity index (χ1n) is 6.69. The molecule has 0 aliphatic carbocycles. The van der Waals surface area contributed by atoms with Gasteiger partial charge in [-0.3, -0.25) is 0 Å². The largest absolute Gasteiger partial charge is 0.347 e. The van der Waals surface area contributed by atoms with E-state index >= 15 is 0 Å². The Morgan fingerprint density at radius 3 is 3.05 bits per heavy atom. The van der Waals surface area contributed by atoms with Crippen molar-refractivity contribution in [2.75, 3.05) is 0 Å². The van der Waals surface area contributed by atoms with Crippen LogP contribution >= 0.6 is 0 Å². The van der Waals surface area contributed by atoms with Gasteiger partial charge >= 0.3 is 0 Å². The second-order valence-electron chi connectivity index (χ2n) is 4.64. The summed E-state index contributed by atoms with van der Waals surface area (Å²) >= 11 is 0. The van der Waals surface area contributed by atoms with E-state index in [2.05, 4.69) is 26.9 Å². The van der Waals surface area contributed by atoms with Gasteiger partial charge in [0.15, 0.2) is 5.82 Å². The predicted molar refractivity (Wildman–Crippen MR) is 74.4 cm³/mol. The van der Waals surface area contributed by atoms with Gasteiger partial charge in [-0.25, -0.2) is 19.4 Å². The average Bonchev–Trinajstić information content (AvgIpc) is 3.11. The lowest BCUT2D eigenvalue weighted by Gasteiger charge is -2.19. The molecule has 0 saturated carbocycles. The SMILES string of the molecule is CCC(c1ncc[nH]1)n1ccnc1C1=NC(F)C=CC1. The number of alkyl halides is 1. The highest BCUT2D eigenvalue weighted by Crippen LogP contribution is 2.22. The van der Waals surface area contributed by atoms with E-state index < -0.39 is 6.30 Å². The molecule has 20 heavy (non-hydrogen) atoms. The van der Waals surface area contributed by atoms with Crippen molar-refractivity contribution in [1.82, 2.24) is 19.5 Å². The molecule has 0 amide bonds. The van der Waals surface area contributed by atoms with Crippen LogP contribution in [0.15, 0.2) is 41.9 Å². The number of nitrogens with zero attached hydrogens (tertiary/aromatic N) is 4. The monoisotopic (exact) mass is 273 g/mol. The van der Waals surface area contributed by atoms with Gasteiger partial charge in [-0.05, 0) is 12.5 Å². The molecule has 2 aromatic heterocycles. The smallest absolute Gasteiger partial charge is 0.208 e. The van der Waals surface area contributed by atoms with Gasteiger partial charge in [-0.15, -0.1) is 0 Å². The minimum absolute atomic E-state index is 0.0502. The second-order valence-corrected chi connectivity index (χ2v) is 4.64. The zero-order valence-corrected chi connectivity index (χ0v) is 11.2. The van der Waals surface area contributed by atoms with E-state index in [0.717, 1.165) is 12.2 Å². The highest BCUT2D eigenvalue weighted by Gasteiger charge is 2.21. The molecule has 5 nitrogen and oxygen atoms in total. The topological polar surface area (TPSA) is 58.9 Å². The number of rotatable bonds is 4. The van der Waals surface area contributed by atoms with Crippen LogP contribution in [0.4, 0.5) is 4.39 Å². The highest BCUT2D eigenvalue weighted by molar-refractivity contribution is 5.99. The van der Waals surface area contributed by atoms with Crippen molar-refractivity contribution in [1.29, 1.82) is 0 Å². The first kappa shape index (κ1) is 12.8. The van der Waals surface area contributed by atoms with E-state index in [1.54, 1.807) is 24.7 Å². The summed E-state index contributed by atoms with van der Waals surface area (Å²) in [5, 5.41) is 0. The summed E-state index contributed by atoms with van der Waals surface area (Å²) in [6.07, 6.45) is 10.6. The molecular weight excluding hydrogens is 257 g/mol. The van der Waals surface area contributed by atoms with Crippen molar-refractivity contribution in [2.24, 2.45) is 4.99 Å². The Morgan fingerprint density at radius 2 is 2.35 bits per heavy atom. The van der Waals surface area contributed by atoms with Gasteiger partial charge in [0, 0.05) is 31.2 Å². The molecule has 2 aromatic rings. The molecule has 0 aromatic carbocycles. The lowest BCUT2D eigenvalue weighted by atomic mass is 10.1. The average molecular weight is 273 g/mol. The number of imidazole rings is 2. The Hall–Kier alpha value is -2.24. The molecule has 1 aliphatic rings. The van der Waals surface area contributed by atoms with Crippen molar-refractivity contribution < 1.29 is 4.39 Å². The molecule has 0 fully saturated rings. The lowest BCUT2D eigenvalue weighted by Crippen LogP contribution is -2.19. The lowest BCUT2D eigenvalue weighted by molar-refractivity contribution is 0.411. The minimum Gasteiger partial charge on any atom is -0.347 e. The van der Waals surface area contributed by atoms with Gasteiger partial charge in [-0.1, -0.05) is 13.0 Å². The van der Waals surface area contributed by atoms with E-state index in [9.17, 15) is 4.39 Å². The Labute approximate surface area is 116 Å². The third kappa shape index (κ3) is 2.29.